The number of carbonyl (C=O) groups is 2. The van der Waals surface area contributed by atoms with Crippen molar-refractivity contribution in [2.45, 2.75) is 19.6 Å². The maximum Gasteiger partial charge on any atom is 0.295 e. The number of thiophene rings is 1. The number of hydrogen-bond acceptors (Lipinski definition) is 6. The number of nitrogens with zero attached hydrogens (tertiary/aromatic N) is 2. The van der Waals surface area contributed by atoms with Crippen LogP contribution >= 0.6 is 11.3 Å². The lowest BCUT2D eigenvalue weighted by Gasteiger charge is -2.25. The van der Waals surface area contributed by atoms with Gasteiger partial charge in [-0.25, -0.2) is 0 Å². The van der Waals surface area contributed by atoms with Gasteiger partial charge in [-0.05, 0) is 61.8 Å². The molecular weight excluding hydrogens is 448 g/mol. The SMILES string of the molecule is Cc1cc(OCc2ccccc2)ccc1C(O)=C1C(=O)C(=O)N(CCN(C)C)[C@@H]1c1cccs1. The van der Waals surface area contributed by atoms with Crippen LogP contribution in [0.4, 0.5) is 0 Å². The van der Waals surface area contributed by atoms with Gasteiger partial charge in [0.25, 0.3) is 11.7 Å². The predicted molar refractivity (Wildman–Crippen MR) is 134 cm³/mol. The Hall–Kier alpha value is -3.42. The van der Waals surface area contributed by atoms with Crippen molar-refractivity contribution in [3.63, 3.8) is 0 Å². The highest BCUT2D eigenvalue weighted by atomic mass is 32.1. The molecule has 1 aromatic heterocycles. The minimum absolute atomic E-state index is 0.132. The molecule has 0 saturated carbocycles. The van der Waals surface area contributed by atoms with Crippen molar-refractivity contribution in [2.75, 3.05) is 27.2 Å². The van der Waals surface area contributed by atoms with Crippen LogP contribution in [-0.4, -0.2) is 53.8 Å². The molecule has 1 aliphatic heterocycles. The molecule has 0 bridgehead atoms. The van der Waals surface area contributed by atoms with Gasteiger partial charge in [0.1, 0.15) is 18.1 Å². The first-order valence-electron chi connectivity index (χ1n) is 11.1. The largest absolute Gasteiger partial charge is 0.507 e. The highest BCUT2D eigenvalue weighted by Gasteiger charge is 2.46. The molecule has 0 aliphatic carbocycles. The second kappa shape index (κ2) is 10.2. The van der Waals surface area contributed by atoms with E-state index in [1.54, 1.807) is 17.0 Å². The number of carbonyl (C=O) groups excluding carboxylic acids is 2. The number of likely N-dealkylation sites (tertiary alicyclic amines) is 1. The van der Waals surface area contributed by atoms with E-state index < -0.39 is 17.7 Å². The van der Waals surface area contributed by atoms with E-state index in [4.69, 9.17) is 4.74 Å². The number of ketones is 1. The Morgan fingerprint density at radius 1 is 1.09 bits per heavy atom. The lowest BCUT2D eigenvalue weighted by atomic mass is 9.97. The van der Waals surface area contributed by atoms with Crippen LogP contribution in [0.5, 0.6) is 5.75 Å². The van der Waals surface area contributed by atoms with Gasteiger partial charge in [0, 0.05) is 23.5 Å². The number of ether oxygens (including phenoxy) is 1. The summed E-state index contributed by atoms with van der Waals surface area (Å²) in [5.41, 5.74) is 2.46. The number of likely N-dealkylation sites (N-methyl/N-ethyl adjacent to an activating group) is 1. The van der Waals surface area contributed by atoms with Crippen LogP contribution in [0.1, 0.15) is 27.6 Å². The Morgan fingerprint density at radius 3 is 2.50 bits per heavy atom. The summed E-state index contributed by atoms with van der Waals surface area (Å²) >= 11 is 1.46. The number of aryl methyl sites for hydroxylation is 1. The third kappa shape index (κ3) is 4.90. The first kappa shape index (κ1) is 23.7. The summed E-state index contributed by atoms with van der Waals surface area (Å²) in [5.74, 6) is -0.726. The Balaban J connectivity index is 1.66. The Labute approximate surface area is 203 Å². The molecule has 0 unspecified atom stereocenters. The van der Waals surface area contributed by atoms with Crippen LogP contribution in [0.15, 0.2) is 71.6 Å². The highest BCUT2D eigenvalue weighted by molar-refractivity contribution is 7.10. The number of aliphatic hydroxyl groups is 1. The third-order valence-electron chi connectivity index (χ3n) is 5.84. The van der Waals surface area contributed by atoms with Crippen molar-refractivity contribution in [2.24, 2.45) is 0 Å². The molecule has 1 fully saturated rings. The fraction of sp³-hybridized carbons (Fsp3) is 0.259. The van der Waals surface area contributed by atoms with Gasteiger partial charge in [0.05, 0.1) is 11.6 Å². The molecule has 176 valence electrons. The zero-order valence-electron chi connectivity index (χ0n) is 19.5. The number of rotatable bonds is 8. The van der Waals surface area contributed by atoms with Crippen LogP contribution in [-0.2, 0) is 16.2 Å². The number of aliphatic hydroxyl groups excluding tert-OH is 1. The maximum atomic E-state index is 13.1. The zero-order chi connectivity index (χ0) is 24.2. The fourth-order valence-electron chi connectivity index (χ4n) is 4.04. The summed E-state index contributed by atoms with van der Waals surface area (Å²) in [6.45, 7) is 3.29. The smallest absolute Gasteiger partial charge is 0.295 e. The molecule has 2 aromatic carbocycles. The molecule has 34 heavy (non-hydrogen) atoms. The van der Waals surface area contributed by atoms with E-state index in [9.17, 15) is 14.7 Å². The molecule has 4 rings (SSSR count). The van der Waals surface area contributed by atoms with Gasteiger partial charge in [-0.2, -0.15) is 0 Å². The van der Waals surface area contributed by atoms with E-state index >= 15 is 0 Å². The molecule has 7 heteroatoms. The fourth-order valence-corrected chi connectivity index (χ4v) is 4.88. The molecule has 1 aliphatic rings. The molecule has 0 radical (unpaired) electrons. The second-order valence-electron chi connectivity index (χ2n) is 8.56. The third-order valence-corrected chi connectivity index (χ3v) is 6.77. The molecule has 1 amide bonds. The first-order valence-corrected chi connectivity index (χ1v) is 12.0. The summed E-state index contributed by atoms with van der Waals surface area (Å²) in [6, 6.07) is 18.4. The molecule has 3 aromatic rings. The van der Waals surface area contributed by atoms with Crippen molar-refractivity contribution < 1.29 is 19.4 Å². The summed E-state index contributed by atoms with van der Waals surface area (Å²) in [5, 5.41) is 13.2. The topological polar surface area (TPSA) is 70.1 Å². The molecule has 6 nitrogen and oxygen atoms in total. The number of amides is 1. The molecule has 2 heterocycles. The van der Waals surface area contributed by atoms with Gasteiger partial charge in [0.15, 0.2) is 0 Å². The van der Waals surface area contributed by atoms with E-state index in [-0.39, 0.29) is 11.3 Å². The van der Waals surface area contributed by atoms with Gasteiger partial charge < -0.3 is 19.6 Å². The second-order valence-corrected chi connectivity index (χ2v) is 9.54. The van der Waals surface area contributed by atoms with Crippen molar-refractivity contribution in [1.29, 1.82) is 0 Å². The number of Topliss-reactive ketones (excluding diaryl/α,β-unsaturated/α-hetero) is 1. The predicted octanol–water partition coefficient (Wildman–Crippen LogP) is 4.62. The molecule has 1 N–H and O–H groups in total. The lowest BCUT2D eigenvalue weighted by molar-refractivity contribution is -0.140. The summed E-state index contributed by atoms with van der Waals surface area (Å²) in [4.78, 5) is 30.4. The zero-order valence-corrected chi connectivity index (χ0v) is 20.3. The van der Waals surface area contributed by atoms with Crippen LogP contribution in [0.3, 0.4) is 0 Å². The normalized spacial score (nSPS) is 17.5. The quantitative estimate of drug-likeness (QED) is 0.292. The highest BCUT2D eigenvalue weighted by Crippen LogP contribution is 2.41. The van der Waals surface area contributed by atoms with E-state index in [0.717, 1.165) is 16.0 Å². The number of hydrogen-bond donors (Lipinski definition) is 1. The van der Waals surface area contributed by atoms with E-state index in [0.29, 0.717) is 31.0 Å². The Bertz CT molecular complexity index is 1200. The Morgan fingerprint density at radius 2 is 1.85 bits per heavy atom. The van der Waals surface area contributed by atoms with Crippen molar-refractivity contribution in [3.8, 4) is 5.75 Å². The first-order chi connectivity index (χ1) is 16.4. The maximum absolute atomic E-state index is 13.1. The van der Waals surface area contributed by atoms with Crippen LogP contribution < -0.4 is 4.74 Å². The van der Waals surface area contributed by atoms with Gasteiger partial charge >= 0.3 is 0 Å². The Kier molecular flexibility index (Phi) is 7.14. The molecule has 1 saturated heterocycles. The van der Waals surface area contributed by atoms with Gasteiger partial charge in [-0.15, -0.1) is 11.3 Å². The van der Waals surface area contributed by atoms with Crippen LogP contribution in [0.2, 0.25) is 0 Å². The molecule has 0 spiro atoms. The standard InChI is InChI=1S/C27H28N2O4S/c1-18-16-20(33-17-19-8-5-4-6-9-19)11-12-21(18)25(30)23-24(22-10-7-15-34-22)29(14-13-28(2)3)27(32)26(23)31/h4-12,15-16,24,30H,13-14,17H2,1-3H3/t24-/m1/s1. The summed E-state index contributed by atoms with van der Waals surface area (Å²) in [7, 11) is 3.84. The summed E-state index contributed by atoms with van der Waals surface area (Å²) in [6.07, 6.45) is 0. The van der Waals surface area contributed by atoms with Crippen molar-refractivity contribution in [3.05, 3.63) is 93.2 Å². The average molecular weight is 477 g/mol. The summed E-state index contributed by atoms with van der Waals surface area (Å²) < 4.78 is 5.89. The molecular formula is C27H28N2O4S. The van der Waals surface area contributed by atoms with Gasteiger partial charge in [0.2, 0.25) is 0 Å². The van der Waals surface area contributed by atoms with E-state index in [1.165, 1.54) is 11.3 Å². The average Bonchev–Trinajstić information content (AvgIpc) is 3.44. The lowest BCUT2D eigenvalue weighted by Crippen LogP contribution is -2.35. The van der Waals surface area contributed by atoms with E-state index in [1.807, 2.05) is 79.8 Å². The van der Waals surface area contributed by atoms with Gasteiger partial charge in [-0.3, -0.25) is 9.59 Å². The minimum Gasteiger partial charge on any atom is -0.507 e. The van der Waals surface area contributed by atoms with Crippen LogP contribution in [0.25, 0.3) is 5.76 Å². The monoisotopic (exact) mass is 476 g/mol. The van der Waals surface area contributed by atoms with E-state index in [2.05, 4.69) is 0 Å². The van der Waals surface area contributed by atoms with Crippen LogP contribution in [0, 0.1) is 6.92 Å². The van der Waals surface area contributed by atoms with Crippen molar-refractivity contribution >= 4 is 28.8 Å². The number of benzene rings is 2. The van der Waals surface area contributed by atoms with Gasteiger partial charge in [-0.1, -0.05) is 36.4 Å². The van der Waals surface area contributed by atoms with Crippen molar-refractivity contribution in [1.82, 2.24) is 9.80 Å². The minimum atomic E-state index is -0.654. The molecule has 1 atom stereocenters.